The molecule has 2 amide bonds. The molecule has 1 aliphatic rings. The Morgan fingerprint density at radius 2 is 2.00 bits per heavy atom. The van der Waals surface area contributed by atoms with Crippen molar-refractivity contribution in [1.82, 2.24) is 5.32 Å². The molecule has 0 bridgehead atoms. The summed E-state index contributed by atoms with van der Waals surface area (Å²) in [5, 5.41) is 5.81. The van der Waals surface area contributed by atoms with Crippen LogP contribution in [0.25, 0.3) is 0 Å². The number of hydrogen-bond donors (Lipinski definition) is 2. The molecule has 0 spiro atoms. The van der Waals surface area contributed by atoms with Crippen molar-refractivity contribution in [3.8, 4) is 0 Å². The van der Waals surface area contributed by atoms with Crippen molar-refractivity contribution in [2.24, 2.45) is 5.92 Å². The zero-order valence-electron chi connectivity index (χ0n) is 12.1. The standard InChI is InChI=1S/C16H22N2O2/c1-3-11(2)17-16(20)13-9-4-5-10-14(13)18-15(19)12-7-6-8-12/h4-5,9-12H,3,6-8H2,1-2H3,(H,17,20)(H,18,19). The molecular weight excluding hydrogens is 252 g/mol. The number of carbonyl (C=O) groups excluding carboxylic acids is 2. The molecule has 0 heterocycles. The third-order valence-corrected chi connectivity index (χ3v) is 3.90. The van der Waals surface area contributed by atoms with Gasteiger partial charge < -0.3 is 10.6 Å². The van der Waals surface area contributed by atoms with Crippen LogP contribution in [0, 0.1) is 5.92 Å². The number of amides is 2. The van der Waals surface area contributed by atoms with Crippen LogP contribution in [0.5, 0.6) is 0 Å². The SMILES string of the molecule is CCC(C)NC(=O)c1ccccc1NC(=O)C1CCC1. The van der Waals surface area contributed by atoms with Gasteiger partial charge >= 0.3 is 0 Å². The molecule has 1 unspecified atom stereocenters. The van der Waals surface area contributed by atoms with E-state index >= 15 is 0 Å². The lowest BCUT2D eigenvalue weighted by atomic mass is 9.85. The Bertz CT molecular complexity index is 495. The highest BCUT2D eigenvalue weighted by atomic mass is 16.2. The van der Waals surface area contributed by atoms with E-state index in [4.69, 9.17) is 0 Å². The number of hydrogen-bond acceptors (Lipinski definition) is 2. The van der Waals surface area contributed by atoms with Crippen LogP contribution >= 0.6 is 0 Å². The quantitative estimate of drug-likeness (QED) is 0.867. The number of para-hydroxylation sites is 1. The summed E-state index contributed by atoms with van der Waals surface area (Å²) in [6.07, 6.45) is 3.90. The first-order valence-corrected chi connectivity index (χ1v) is 7.32. The van der Waals surface area contributed by atoms with Gasteiger partial charge in [0.25, 0.3) is 5.91 Å². The molecule has 2 N–H and O–H groups in total. The minimum atomic E-state index is -0.135. The third kappa shape index (κ3) is 3.38. The van der Waals surface area contributed by atoms with Gasteiger partial charge in [-0.05, 0) is 38.3 Å². The summed E-state index contributed by atoms with van der Waals surface area (Å²) in [5.41, 5.74) is 1.13. The maximum absolute atomic E-state index is 12.2. The van der Waals surface area contributed by atoms with Gasteiger partial charge in [0.05, 0.1) is 11.3 Å². The lowest BCUT2D eigenvalue weighted by molar-refractivity contribution is -0.122. The maximum Gasteiger partial charge on any atom is 0.253 e. The molecule has 4 heteroatoms. The Morgan fingerprint density at radius 1 is 1.30 bits per heavy atom. The first-order chi connectivity index (χ1) is 9.61. The van der Waals surface area contributed by atoms with Crippen molar-refractivity contribution in [2.75, 3.05) is 5.32 Å². The van der Waals surface area contributed by atoms with Crippen LogP contribution in [0.1, 0.15) is 49.9 Å². The average Bonchev–Trinajstić information content (AvgIpc) is 2.36. The molecule has 0 aliphatic heterocycles. The summed E-state index contributed by atoms with van der Waals surface area (Å²) in [6.45, 7) is 3.99. The normalized spacial score (nSPS) is 16.1. The Hall–Kier alpha value is -1.84. The van der Waals surface area contributed by atoms with Crippen LogP contribution in [0.4, 0.5) is 5.69 Å². The Labute approximate surface area is 119 Å². The summed E-state index contributed by atoms with van der Waals surface area (Å²) < 4.78 is 0. The van der Waals surface area contributed by atoms with E-state index in [0.717, 1.165) is 25.7 Å². The molecule has 20 heavy (non-hydrogen) atoms. The van der Waals surface area contributed by atoms with E-state index in [1.807, 2.05) is 26.0 Å². The largest absolute Gasteiger partial charge is 0.350 e. The van der Waals surface area contributed by atoms with Gasteiger partial charge in [-0.3, -0.25) is 9.59 Å². The van der Waals surface area contributed by atoms with Crippen LogP contribution in [0.3, 0.4) is 0 Å². The second-order valence-electron chi connectivity index (χ2n) is 5.45. The van der Waals surface area contributed by atoms with Crippen LogP contribution in [-0.2, 0) is 4.79 Å². The van der Waals surface area contributed by atoms with Crippen LogP contribution in [0.2, 0.25) is 0 Å². The second kappa shape index (κ2) is 6.55. The third-order valence-electron chi connectivity index (χ3n) is 3.90. The Kier molecular flexibility index (Phi) is 4.77. The predicted octanol–water partition coefficient (Wildman–Crippen LogP) is 2.95. The van der Waals surface area contributed by atoms with Crippen molar-refractivity contribution in [1.29, 1.82) is 0 Å². The minimum Gasteiger partial charge on any atom is -0.350 e. The summed E-state index contributed by atoms with van der Waals surface area (Å²) >= 11 is 0. The highest BCUT2D eigenvalue weighted by Gasteiger charge is 2.26. The molecule has 1 fully saturated rings. The minimum absolute atomic E-state index is 0.0278. The molecule has 1 atom stereocenters. The van der Waals surface area contributed by atoms with Gasteiger partial charge in [0.15, 0.2) is 0 Å². The fourth-order valence-corrected chi connectivity index (χ4v) is 2.10. The fraction of sp³-hybridized carbons (Fsp3) is 0.500. The Balaban J connectivity index is 2.08. The number of benzene rings is 1. The van der Waals surface area contributed by atoms with E-state index in [0.29, 0.717) is 11.3 Å². The summed E-state index contributed by atoms with van der Waals surface area (Å²) in [6, 6.07) is 7.29. The van der Waals surface area contributed by atoms with Crippen molar-refractivity contribution in [3.63, 3.8) is 0 Å². The topological polar surface area (TPSA) is 58.2 Å². The average molecular weight is 274 g/mol. The second-order valence-corrected chi connectivity index (χ2v) is 5.45. The molecule has 0 saturated heterocycles. The molecule has 1 aromatic carbocycles. The summed E-state index contributed by atoms with van der Waals surface area (Å²) in [5.74, 6) is 0.00424. The van der Waals surface area contributed by atoms with Gasteiger partial charge in [-0.15, -0.1) is 0 Å². The summed E-state index contributed by atoms with van der Waals surface area (Å²) in [7, 11) is 0. The molecule has 1 aromatic rings. The smallest absolute Gasteiger partial charge is 0.253 e. The van der Waals surface area contributed by atoms with Gasteiger partial charge in [0.2, 0.25) is 5.91 Å². The van der Waals surface area contributed by atoms with E-state index in [1.54, 1.807) is 12.1 Å². The predicted molar refractivity (Wildman–Crippen MR) is 79.6 cm³/mol. The van der Waals surface area contributed by atoms with Gasteiger partial charge in [-0.2, -0.15) is 0 Å². The lowest BCUT2D eigenvalue weighted by Crippen LogP contribution is -2.33. The molecule has 2 rings (SSSR count). The number of nitrogens with one attached hydrogen (secondary N) is 2. The van der Waals surface area contributed by atoms with Gasteiger partial charge in [-0.1, -0.05) is 25.5 Å². The van der Waals surface area contributed by atoms with Crippen molar-refractivity contribution < 1.29 is 9.59 Å². The van der Waals surface area contributed by atoms with Gasteiger partial charge in [0, 0.05) is 12.0 Å². The molecule has 1 aliphatic carbocycles. The number of carbonyl (C=O) groups is 2. The first kappa shape index (κ1) is 14.6. The van der Waals surface area contributed by atoms with E-state index in [2.05, 4.69) is 10.6 Å². The lowest BCUT2D eigenvalue weighted by Gasteiger charge is -2.24. The van der Waals surface area contributed by atoms with Crippen LogP contribution in [-0.4, -0.2) is 17.9 Å². The first-order valence-electron chi connectivity index (χ1n) is 7.32. The van der Waals surface area contributed by atoms with E-state index in [1.165, 1.54) is 0 Å². The zero-order valence-corrected chi connectivity index (χ0v) is 12.1. The van der Waals surface area contributed by atoms with Crippen LogP contribution < -0.4 is 10.6 Å². The van der Waals surface area contributed by atoms with E-state index < -0.39 is 0 Å². The molecule has 4 nitrogen and oxygen atoms in total. The molecule has 1 saturated carbocycles. The van der Waals surface area contributed by atoms with Crippen molar-refractivity contribution in [3.05, 3.63) is 29.8 Å². The summed E-state index contributed by atoms with van der Waals surface area (Å²) in [4.78, 5) is 24.2. The molecular formula is C16H22N2O2. The molecule has 0 aromatic heterocycles. The number of anilines is 1. The fourth-order valence-electron chi connectivity index (χ4n) is 2.10. The van der Waals surface area contributed by atoms with E-state index in [-0.39, 0.29) is 23.8 Å². The van der Waals surface area contributed by atoms with E-state index in [9.17, 15) is 9.59 Å². The van der Waals surface area contributed by atoms with Gasteiger partial charge in [0.1, 0.15) is 0 Å². The number of rotatable bonds is 5. The molecule has 0 radical (unpaired) electrons. The highest BCUT2D eigenvalue weighted by Crippen LogP contribution is 2.28. The monoisotopic (exact) mass is 274 g/mol. The Morgan fingerprint density at radius 3 is 2.60 bits per heavy atom. The van der Waals surface area contributed by atoms with Crippen molar-refractivity contribution >= 4 is 17.5 Å². The van der Waals surface area contributed by atoms with Crippen LogP contribution in [0.15, 0.2) is 24.3 Å². The van der Waals surface area contributed by atoms with Gasteiger partial charge in [-0.25, -0.2) is 0 Å². The van der Waals surface area contributed by atoms with Crippen molar-refractivity contribution in [2.45, 2.75) is 45.6 Å². The maximum atomic E-state index is 12.2. The zero-order chi connectivity index (χ0) is 14.5. The highest BCUT2D eigenvalue weighted by molar-refractivity contribution is 6.04. The molecule has 108 valence electrons.